The van der Waals surface area contributed by atoms with Crippen LogP contribution in [0.4, 0.5) is 0 Å². The number of hydrogen-bond donors (Lipinski definition) is 0. The van der Waals surface area contributed by atoms with Gasteiger partial charge in [0.05, 0.1) is 11.9 Å². The minimum atomic E-state index is 0.0259. The number of ether oxygens (including phenoxy) is 1. The third-order valence-electron chi connectivity index (χ3n) is 2.52. The van der Waals surface area contributed by atoms with Crippen LogP contribution in [0.1, 0.15) is 29.5 Å². The summed E-state index contributed by atoms with van der Waals surface area (Å²) in [6.07, 6.45) is 2.00. The molecule has 0 radical (unpaired) electrons. The van der Waals surface area contributed by atoms with Crippen molar-refractivity contribution in [2.24, 2.45) is 7.05 Å². The SMILES string of the molecule is CCC(=O)c1ccc(Oc2cc(C)nn2C)cn1. The number of carbonyl (C=O) groups is 1. The summed E-state index contributed by atoms with van der Waals surface area (Å²) in [7, 11) is 1.81. The van der Waals surface area contributed by atoms with Gasteiger partial charge >= 0.3 is 0 Å². The van der Waals surface area contributed by atoms with E-state index in [1.807, 2.05) is 27.0 Å². The lowest BCUT2D eigenvalue weighted by molar-refractivity contribution is 0.0983. The Kier molecular flexibility index (Phi) is 3.41. The highest BCUT2D eigenvalue weighted by atomic mass is 16.5. The zero-order chi connectivity index (χ0) is 13.1. The van der Waals surface area contributed by atoms with E-state index in [1.165, 1.54) is 0 Å². The van der Waals surface area contributed by atoms with Gasteiger partial charge in [0.15, 0.2) is 5.78 Å². The Hall–Kier alpha value is -2.17. The highest BCUT2D eigenvalue weighted by Gasteiger charge is 2.07. The Morgan fingerprint density at radius 2 is 2.22 bits per heavy atom. The molecule has 0 amide bonds. The standard InChI is InChI=1S/C13H15N3O2/c1-4-12(17)11-6-5-10(8-14-11)18-13-7-9(2)15-16(13)3/h5-8H,4H2,1-3H3. The third-order valence-corrected chi connectivity index (χ3v) is 2.52. The molecule has 94 valence electrons. The van der Waals surface area contributed by atoms with Crippen molar-refractivity contribution in [3.05, 3.63) is 35.8 Å². The largest absolute Gasteiger partial charge is 0.438 e. The van der Waals surface area contributed by atoms with Crippen molar-refractivity contribution in [1.82, 2.24) is 14.8 Å². The summed E-state index contributed by atoms with van der Waals surface area (Å²) in [5.41, 5.74) is 1.35. The van der Waals surface area contributed by atoms with E-state index in [-0.39, 0.29) is 5.78 Å². The number of aryl methyl sites for hydroxylation is 2. The second-order valence-electron chi connectivity index (χ2n) is 4.01. The molecule has 0 spiro atoms. The van der Waals surface area contributed by atoms with Gasteiger partial charge in [-0.1, -0.05) is 6.92 Å². The third kappa shape index (κ3) is 2.56. The lowest BCUT2D eigenvalue weighted by Gasteiger charge is -2.05. The fraction of sp³-hybridized carbons (Fsp3) is 0.308. The maximum absolute atomic E-state index is 11.4. The van der Waals surface area contributed by atoms with Crippen LogP contribution in [-0.4, -0.2) is 20.5 Å². The smallest absolute Gasteiger partial charge is 0.217 e. The molecule has 5 nitrogen and oxygen atoms in total. The molecule has 0 aliphatic rings. The van der Waals surface area contributed by atoms with E-state index in [4.69, 9.17) is 4.74 Å². The predicted octanol–water partition coefficient (Wildman–Crippen LogP) is 2.51. The summed E-state index contributed by atoms with van der Waals surface area (Å²) in [4.78, 5) is 15.5. The van der Waals surface area contributed by atoms with Gasteiger partial charge in [0.1, 0.15) is 11.4 Å². The first-order valence-corrected chi connectivity index (χ1v) is 5.78. The average molecular weight is 245 g/mol. The minimum Gasteiger partial charge on any atom is -0.438 e. The number of rotatable bonds is 4. The second kappa shape index (κ2) is 5.00. The molecule has 0 bridgehead atoms. The summed E-state index contributed by atoms with van der Waals surface area (Å²) >= 11 is 0. The first kappa shape index (κ1) is 12.3. The van der Waals surface area contributed by atoms with Crippen LogP contribution >= 0.6 is 0 Å². The maximum atomic E-state index is 11.4. The Labute approximate surface area is 105 Å². The van der Waals surface area contributed by atoms with Crippen molar-refractivity contribution in [2.45, 2.75) is 20.3 Å². The van der Waals surface area contributed by atoms with Gasteiger partial charge in [0.2, 0.25) is 5.88 Å². The molecule has 2 rings (SSSR count). The molecule has 2 aromatic heterocycles. The Morgan fingerprint density at radius 3 is 2.72 bits per heavy atom. The molecule has 0 atom stereocenters. The second-order valence-corrected chi connectivity index (χ2v) is 4.01. The van der Waals surface area contributed by atoms with E-state index in [1.54, 1.807) is 23.0 Å². The molecule has 0 aliphatic carbocycles. The molecule has 2 aromatic rings. The Morgan fingerprint density at radius 1 is 1.44 bits per heavy atom. The summed E-state index contributed by atoms with van der Waals surface area (Å²) in [6.45, 7) is 3.71. The summed E-state index contributed by atoms with van der Waals surface area (Å²) < 4.78 is 7.28. The molecule has 0 aliphatic heterocycles. The number of nitrogens with zero attached hydrogens (tertiary/aromatic N) is 3. The molecule has 0 aromatic carbocycles. The molecule has 2 heterocycles. The molecular formula is C13H15N3O2. The molecule has 0 saturated carbocycles. The van der Waals surface area contributed by atoms with Crippen LogP contribution in [0.3, 0.4) is 0 Å². The number of hydrogen-bond acceptors (Lipinski definition) is 4. The van der Waals surface area contributed by atoms with Crippen molar-refractivity contribution in [3.8, 4) is 11.6 Å². The van der Waals surface area contributed by atoms with E-state index < -0.39 is 0 Å². The number of aromatic nitrogens is 3. The normalized spacial score (nSPS) is 10.4. The zero-order valence-electron chi connectivity index (χ0n) is 10.7. The highest BCUT2D eigenvalue weighted by molar-refractivity contribution is 5.93. The van der Waals surface area contributed by atoms with Gasteiger partial charge in [-0.2, -0.15) is 5.10 Å². The van der Waals surface area contributed by atoms with Gasteiger partial charge in [-0.25, -0.2) is 9.67 Å². The van der Waals surface area contributed by atoms with Gasteiger partial charge in [0.25, 0.3) is 0 Å². The monoisotopic (exact) mass is 245 g/mol. The van der Waals surface area contributed by atoms with Crippen LogP contribution in [0, 0.1) is 6.92 Å². The Bertz CT molecular complexity index is 558. The average Bonchev–Trinajstić information content (AvgIpc) is 2.68. The first-order chi connectivity index (χ1) is 8.60. The number of ketones is 1. The fourth-order valence-corrected chi connectivity index (χ4v) is 1.59. The van der Waals surface area contributed by atoms with Crippen molar-refractivity contribution in [2.75, 3.05) is 0 Å². The van der Waals surface area contributed by atoms with Crippen LogP contribution in [0.15, 0.2) is 24.4 Å². The lowest BCUT2D eigenvalue weighted by atomic mass is 10.2. The maximum Gasteiger partial charge on any atom is 0.217 e. The van der Waals surface area contributed by atoms with Crippen molar-refractivity contribution < 1.29 is 9.53 Å². The first-order valence-electron chi connectivity index (χ1n) is 5.78. The van der Waals surface area contributed by atoms with Crippen LogP contribution in [0.5, 0.6) is 11.6 Å². The Balaban J connectivity index is 2.16. The van der Waals surface area contributed by atoms with Crippen LogP contribution in [-0.2, 0) is 7.05 Å². The summed E-state index contributed by atoms with van der Waals surface area (Å²) in [5, 5.41) is 4.18. The van der Waals surface area contributed by atoms with Crippen molar-refractivity contribution in [1.29, 1.82) is 0 Å². The van der Waals surface area contributed by atoms with E-state index >= 15 is 0 Å². The van der Waals surface area contributed by atoms with Gasteiger partial charge in [-0.05, 0) is 19.1 Å². The highest BCUT2D eigenvalue weighted by Crippen LogP contribution is 2.20. The fourth-order valence-electron chi connectivity index (χ4n) is 1.59. The summed E-state index contributed by atoms with van der Waals surface area (Å²) in [6, 6.07) is 5.24. The molecule has 5 heteroatoms. The van der Waals surface area contributed by atoms with E-state index in [9.17, 15) is 4.79 Å². The topological polar surface area (TPSA) is 57.0 Å². The predicted molar refractivity (Wildman–Crippen MR) is 66.9 cm³/mol. The minimum absolute atomic E-state index is 0.0259. The van der Waals surface area contributed by atoms with Gasteiger partial charge in [0, 0.05) is 19.5 Å². The lowest BCUT2D eigenvalue weighted by Crippen LogP contribution is -2.00. The molecule has 0 fully saturated rings. The van der Waals surface area contributed by atoms with E-state index in [0.717, 1.165) is 5.69 Å². The quantitative estimate of drug-likeness (QED) is 0.776. The zero-order valence-corrected chi connectivity index (χ0v) is 10.7. The molecule has 0 unspecified atom stereocenters. The van der Waals surface area contributed by atoms with Gasteiger partial charge < -0.3 is 4.74 Å². The number of pyridine rings is 1. The molecule has 0 N–H and O–H groups in total. The number of carbonyl (C=O) groups excluding carboxylic acids is 1. The van der Waals surface area contributed by atoms with E-state index in [2.05, 4.69) is 10.1 Å². The summed E-state index contributed by atoms with van der Waals surface area (Å²) in [5.74, 6) is 1.26. The number of Topliss-reactive ketones (excluding diaryl/α,β-unsaturated/α-hetero) is 1. The molecule has 0 saturated heterocycles. The van der Waals surface area contributed by atoms with Gasteiger partial charge in [-0.3, -0.25) is 4.79 Å². The molecular weight excluding hydrogens is 230 g/mol. The van der Waals surface area contributed by atoms with Crippen molar-refractivity contribution in [3.63, 3.8) is 0 Å². The van der Waals surface area contributed by atoms with Crippen LogP contribution in [0.25, 0.3) is 0 Å². The molecule has 18 heavy (non-hydrogen) atoms. The van der Waals surface area contributed by atoms with Gasteiger partial charge in [-0.15, -0.1) is 0 Å². The van der Waals surface area contributed by atoms with Crippen LogP contribution in [0.2, 0.25) is 0 Å². The van der Waals surface area contributed by atoms with Crippen LogP contribution < -0.4 is 4.74 Å². The van der Waals surface area contributed by atoms with E-state index in [0.29, 0.717) is 23.7 Å². The van der Waals surface area contributed by atoms with Crippen molar-refractivity contribution >= 4 is 5.78 Å².